The smallest absolute Gasteiger partial charge is 0.0890 e. The van der Waals surface area contributed by atoms with Crippen molar-refractivity contribution in [3.05, 3.63) is 46.8 Å². The third-order valence-electron chi connectivity index (χ3n) is 4.42. The molecule has 2 bridgehead atoms. The second-order valence-electron chi connectivity index (χ2n) is 5.19. The van der Waals surface area contributed by atoms with E-state index < -0.39 is 0 Å². The zero-order valence-corrected chi connectivity index (χ0v) is 10.1. The van der Waals surface area contributed by atoms with Gasteiger partial charge in [0, 0.05) is 11.8 Å². The molecule has 0 aliphatic heterocycles. The number of fused-ring (bicyclic) bond motifs is 6. The van der Waals surface area contributed by atoms with Crippen LogP contribution in [0.5, 0.6) is 0 Å². The summed E-state index contributed by atoms with van der Waals surface area (Å²) in [6.07, 6.45) is 1.20. The zero-order valence-electron chi connectivity index (χ0n) is 10.1. The summed E-state index contributed by atoms with van der Waals surface area (Å²) in [7, 11) is 0. The third kappa shape index (κ3) is 1.05. The minimum Gasteiger partial charge on any atom is -0.249 e. The van der Waals surface area contributed by atoms with Crippen LogP contribution in [0.15, 0.2) is 35.4 Å². The summed E-state index contributed by atoms with van der Waals surface area (Å²) in [6, 6.07) is 8.18. The summed E-state index contributed by atoms with van der Waals surface area (Å²) in [5, 5.41) is 0. The quantitative estimate of drug-likeness (QED) is 0.637. The lowest BCUT2D eigenvalue weighted by atomic mass is 9.94. The number of hydrogen-bond donors (Lipinski definition) is 0. The fraction of sp³-hybridized carbons (Fsp3) is 0.333. The van der Waals surface area contributed by atoms with Crippen molar-refractivity contribution in [2.45, 2.75) is 32.1 Å². The number of allylic oxidation sites excluding steroid dienone is 2. The zero-order chi connectivity index (χ0) is 11.6. The molecule has 2 aliphatic rings. The molecular weight excluding hydrogens is 208 g/mol. The lowest BCUT2D eigenvalue weighted by Crippen LogP contribution is -2.06. The Kier molecular flexibility index (Phi) is 1.62. The van der Waals surface area contributed by atoms with E-state index in [9.17, 15) is 0 Å². The van der Waals surface area contributed by atoms with Crippen LogP contribution in [0.2, 0.25) is 0 Å². The highest BCUT2D eigenvalue weighted by Gasteiger charge is 2.42. The number of rotatable bonds is 0. The van der Waals surface area contributed by atoms with Crippen molar-refractivity contribution in [1.82, 2.24) is 9.97 Å². The summed E-state index contributed by atoms with van der Waals surface area (Å²) in [4.78, 5) is 9.65. The molecule has 1 aromatic heterocycles. The highest BCUT2D eigenvalue weighted by atomic mass is 14.9. The highest BCUT2D eigenvalue weighted by molar-refractivity contribution is 5.75. The Labute approximate surface area is 100 Å². The van der Waals surface area contributed by atoms with E-state index in [4.69, 9.17) is 9.97 Å². The van der Waals surface area contributed by atoms with Gasteiger partial charge in [-0.1, -0.05) is 23.3 Å². The SMILES string of the molecule is CC1=C(C)[C@@H]2C[C@H]1c1nc3ccccc3nc12. The Balaban J connectivity index is 2.03. The predicted molar refractivity (Wildman–Crippen MR) is 68.0 cm³/mol. The Morgan fingerprint density at radius 3 is 1.82 bits per heavy atom. The van der Waals surface area contributed by atoms with Gasteiger partial charge in [-0.3, -0.25) is 0 Å². The molecule has 0 saturated carbocycles. The van der Waals surface area contributed by atoms with Crippen molar-refractivity contribution < 1.29 is 0 Å². The van der Waals surface area contributed by atoms with Crippen LogP contribution in [0.3, 0.4) is 0 Å². The standard InChI is InChI=1S/C15H14N2/c1-8-9(2)11-7-10(8)14-15(11)17-13-6-4-3-5-12(13)16-14/h3-6,10-11H,7H2,1-2H3/t10-,11+. The number of para-hydroxylation sites is 2. The van der Waals surface area contributed by atoms with Crippen LogP contribution in [0.4, 0.5) is 0 Å². The van der Waals surface area contributed by atoms with Crippen LogP contribution in [-0.4, -0.2) is 9.97 Å². The molecule has 2 nitrogen and oxygen atoms in total. The van der Waals surface area contributed by atoms with Crippen LogP contribution in [0.1, 0.15) is 43.5 Å². The van der Waals surface area contributed by atoms with E-state index in [1.165, 1.54) is 29.0 Å². The molecule has 0 spiro atoms. The molecule has 2 aromatic rings. The van der Waals surface area contributed by atoms with Crippen molar-refractivity contribution in [2.24, 2.45) is 0 Å². The highest BCUT2D eigenvalue weighted by Crippen LogP contribution is 2.54. The molecule has 17 heavy (non-hydrogen) atoms. The van der Waals surface area contributed by atoms with Gasteiger partial charge < -0.3 is 0 Å². The predicted octanol–water partition coefficient (Wildman–Crippen LogP) is 3.55. The Bertz CT molecular complexity index is 613. The largest absolute Gasteiger partial charge is 0.249 e. The Morgan fingerprint density at radius 1 is 0.882 bits per heavy atom. The summed E-state index contributed by atoms with van der Waals surface area (Å²) in [5.74, 6) is 1.07. The van der Waals surface area contributed by atoms with Gasteiger partial charge in [0.15, 0.2) is 0 Å². The molecule has 2 heteroatoms. The van der Waals surface area contributed by atoms with Crippen LogP contribution in [0.25, 0.3) is 11.0 Å². The van der Waals surface area contributed by atoms with Crippen LogP contribution < -0.4 is 0 Å². The Morgan fingerprint density at radius 2 is 1.35 bits per heavy atom. The molecule has 84 valence electrons. The van der Waals surface area contributed by atoms with Crippen LogP contribution in [-0.2, 0) is 0 Å². The van der Waals surface area contributed by atoms with Crippen molar-refractivity contribution in [3.63, 3.8) is 0 Å². The van der Waals surface area contributed by atoms with Gasteiger partial charge in [-0.2, -0.15) is 0 Å². The summed E-state index contributed by atoms with van der Waals surface area (Å²) >= 11 is 0. The van der Waals surface area contributed by atoms with Crippen molar-refractivity contribution >= 4 is 11.0 Å². The minimum atomic E-state index is 0.534. The molecule has 0 fully saturated rings. The molecule has 0 radical (unpaired) electrons. The first-order chi connectivity index (χ1) is 8.25. The van der Waals surface area contributed by atoms with Crippen molar-refractivity contribution in [1.29, 1.82) is 0 Å². The monoisotopic (exact) mass is 222 g/mol. The topological polar surface area (TPSA) is 25.8 Å². The van der Waals surface area contributed by atoms with Crippen LogP contribution in [0, 0.1) is 0 Å². The average molecular weight is 222 g/mol. The van der Waals surface area contributed by atoms with Crippen molar-refractivity contribution in [3.8, 4) is 0 Å². The number of hydrogen-bond acceptors (Lipinski definition) is 2. The normalized spacial score (nSPS) is 25.8. The fourth-order valence-electron chi connectivity index (χ4n) is 3.31. The van der Waals surface area contributed by atoms with Crippen molar-refractivity contribution in [2.75, 3.05) is 0 Å². The molecule has 0 unspecified atom stereocenters. The molecule has 1 aromatic carbocycles. The second-order valence-corrected chi connectivity index (χ2v) is 5.19. The molecule has 2 aliphatic carbocycles. The lowest BCUT2D eigenvalue weighted by molar-refractivity contribution is 0.761. The summed E-state index contributed by atoms with van der Waals surface area (Å²) in [6.45, 7) is 4.50. The van der Waals surface area contributed by atoms with Crippen LogP contribution >= 0.6 is 0 Å². The lowest BCUT2D eigenvalue weighted by Gasteiger charge is -2.17. The van der Waals surface area contributed by atoms with E-state index in [2.05, 4.69) is 26.0 Å². The number of nitrogens with zero attached hydrogens (tertiary/aromatic N) is 2. The van der Waals surface area contributed by atoms with Gasteiger partial charge >= 0.3 is 0 Å². The van der Waals surface area contributed by atoms with Gasteiger partial charge in [0.05, 0.1) is 22.4 Å². The van der Waals surface area contributed by atoms with Gasteiger partial charge in [-0.05, 0) is 32.4 Å². The molecule has 4 rings (SSSR count). The molecule has 0 N–H and O–H groups in total. The van der Waals surface area contributed by atoms with E-state index in [1.807, 2.05) is 12.1 Å². The minimum absolute atomic E-state index is 0.534. The van der Waals surface area contributed by atoms with Gasteiger partial charge in [-0.25, -0.2) is 9.97 Å². The first kappa shape index (κ1) is 9.34. The molecule has 1 heterocycles. The second kappa shape index (κ2) is 2.95. The fourth-order valence-corrected chi connectivity index (χ4v) is 3.31. The maximum atomic E-state index is 4.83. The van der Waals surface area contributed by atoms with Gasteiger partial charge in [-0.15, -0.1) is 0 Å². The van der Waals surface area contributed by atoms with Gasteiger partial charge in [0.1, 0.15) is 0 Å². The van der Waals surface area contributed by atoms with E-state index in [0.29, 0.717) is 11.8 Å². The maximum Gasteiger partial charge on any atom is 0.0890 e. The van der Waals surface area contributed by atoms with E-state index in [0.717, 1.165) is 11.0 Å². The molecule has 2 atom stereocenters. The number of aromatic nitrogens is 2. The molecule has 0 saturated heterocycles. The van der Waals surface area contributed by atoms with E-state index in [1.54, 1.807) is 0 Å². The average Bonchev–Trinajstić information content (AvgIpc) is 2.85. The first-order valence-electron chi connectivity index (χ1n) is 6.19. The Hall–Kier alpha value is -1.70. The summed E-state index contributed by atoms with van der Waals surface area (Å²) < 4.78 is 0. The van der Waals surface area contributed by atoms with Gasteiger partial charge in [0.2, 0.25) is 0 Å². The molecular formula is C15H14N2. The van der Waals surface area contributed by atoms with Gasteiger partial charge in [0.25, 0.3) is 0 Å². The first-order valence-corrected chi connectivity index (χ1v) is 6.19. The maximum absolute atomic E-state index is 4.83. The number of benzene rings is 1. The third-order valence-corrected chi connectivity index (χ3v) is 4.42. The summed E-state index contributed by atoms with van der Waals surface area (Å²) in [5.41, 5.74) is 7.57. The van der Waals surface area contributed by atoms with E-state index in [-0.39, 0.29) is 0 Å². The molecule has 0 amide bonds. The van der Waals surface area contributed by atoms with E-state index >= 15 is 0 Å².